The number of hydrogen-bond donors (Lipinski definition) is 2. The summed E-state index contributed by atoms with van der Waals surface area (Å²) in [6, 6.07) is 3.65. The van der Waals surface area contributed by atoms with Gasteiger partial charge in [-0.1, -0.05) is 6.92 Å². The van der Waals surface area contributed by atoms with Crippen molar-refractivity contribution in [1.82, 2.24) is 5.32 Å². The Labute approximate surface area is 123 Å². The molecular weight excluding hydrogens is 275 g/mol. The zero-order valence-corrected chi connectivity index (χ0v) is 12.7. The highest BCUT2D eigenvalue weighted by Gasteiger charge is 2.25. The van der Waals surface area contributed by atoms with Crippen LogP contribution < -0.4 is 11.1 Å². The lowest BCUT2D eigenvalue weighted by Crippen LogP contribution is -2.47. The fourth-order valence-corrected chi connectivity index (χ4v) is 1.50. The molecule has 0 aliphatic heterocycles. The maximum absolute atomic E-state index is 13.6. The van der Waals surface area contributed by atoms with Gasteiger partial charge >= 0.3 is 5.97 Å². The van der Waals surface area contributed by atoms with Crippen LogP contribution in [-0.4, -0.2) is 23.5 Å². The highest BCUT2D eigenvalue weighted by Crippen LogP contribution is 2.14. The molecule has 1 aromatic rings. The SMILES string of the molecule is CCC(C)(C)NC(=O)C(C)OC(=O)c1ccc(N)cc1F. The predicted molar refractivity (Wildman–Crippen MR) is 78.2 cm³/mol. The lowest BCUT2D eigenvalue weighted by atomic mass is 10.0. The van der Waals surface area contributed by atoms with Crippen LogP contribution in [0.15, 0.2) is 18.2 Å². The van der Waals surface area contributed by atoms with E-state index in [0.717, 1.165) is 12.5 Å². The molecule has 0 aliphatic rings. The van der Waals surface area contributed by atoms with Gasteiger partial charge in [-0.15, -0.1) is 0 Å². The molecule has 1 unspecified atom stereocenters. The molecule has 0 aliphatic carbocycles. The first-order chi connectivity index (χ1) is 9.66. The minimum Gasteiger partial charge on any atom is -0.449 e. The van der Waals surface area contributed by atoms with Crippen LogP contribution in [0.5, 0.6) is 0 Å². The second-order valence-electron chi connectivity index (χ2n) is 5.51. The van der Waals surface area contributed by atoms with E-state index in [1.54, 1.807) is 0 Å². The van der Waals surface area contributed by atoms with Gasteiger partial charge in [0.1, 0.15) is 5.82 Å². The van der Waals surface area contributed by atoms with Crippen LogP contribution in [0.1, 0.15) is 44.5 Å². The summed E-state index contributed by atoms with van der Waals surface area (Å²) in [6.45, 7) is 7.09. The number of benzene rings is 1. The van der Waals surface area contributed by atoms with Crippen LogP contribution in [0.25, 0.3) is 0 Å². The molecule has 5 nitrogen and oxygen atoms in total. The molecule has 0 heterocycles. The van der Waals surface area contributed by atoms with E-state index < -0.39 is 29.3 Å². The van der Waals surface area contributed by atoms with Crippen molar-refractivity contribution in [3.05, 3.63) is 29.6 Å². The van der Waals surface area contributed by atoms with E-state index >= 15 is 0 Å². The third-order valence-corrected chi connectivity index (χ3v) is 3.21. The van der Waals surface area contributed by atoms with Crippen LogP contribution >= 0.6 is 0 Å². The normalized spacial score (nSPS) is 12.6. The summed E-state index contributed by atoms with van der Waals surface area (Å²) in [4.78, 5) is 23.8. The summed E-state index contributed by atoms with van der Waals surface area (Å²) in [7, 11) is 0. The molecule has 21 heavy (non-hydrogen) atoms. The van der Waals surface area contributed by atoms with Crippen molar-refractivity contribution in [3.8, 4) is 0 Å². The Morgan fingerprint density at radius 3 is 2.57 bits per heavy atom. The molecule has 6 heteroatoms. The second kappa shape index (κ2) is 6.56. The summed E-state index contributed by atoms with van der Waals surface area (Å²) in [5.41, 5.74) is 4.96. The molecule has 0 saturated carbocycles. The number of esters is 1. The largest absolute Gasteiger partial charge is 0.449 e. The minimum atomic E-state index is -1.01. The van der Waals surface area contributed by atoms with E-state index in [1.807, 2.05) is 20.8 Å². The molecule has 1 amide bonds. The number of carbonyl (C=O) groups is 2. The van der Waals surface area contributed by atoms with Gasteiger partial charge in [0.15, 0.2) is 6.10 Å². The standard InChI is InChI=1S/C15H21FN2O3/c1-5-15(3,4)18-13(19)9(2)21-14(20)11-7-6-10(17)8-12(11)16/h6-9H,5,17H2,1-4H3,(H,18,19). The Hall–Kier alpha value is -2.11. The number of nitrogens with two attached hydrogens (primary N) is 1. The van der Waals surface area contributed by atoms with Crippen LogP contribution in [0.4, 0.5) is 10.1 Å². The number of rotatable bonds is 5. The number of nitrogens with one attached hydrogen (secondary N) is 1. The molecule has 0 saturated heterocycles. The highest BCUT2D eigenvalue weighted by molar-refractivity contribution is 5.92. The van der Waals surface area contributed by atoms with Gasteiger partial charge in [-0.25, -0.2) is 9.18 Å². The molecule has 0 fully saturated rings. The maximum atomic E-state index is 13.6. The zero-order valence-electron chi connectivity index (χ0n) is 12.7. The Morgan fingerprint density at radius 2 is 2.05 bits per heavy atom. The fourth-order valence-electron chi connectivity index (χ4n) is 1.50. The van der Waals surface area contributed by atoms with Crippen LogP contribution in [0.3, 0.4) is 0 Å². The number of ether oxygens (including phenoxy) is 1. The van der Waals surface area contributed by atoms with Crippen LogP contribution in [-0.2, 0) is 9.53 Å². The highest BCUT2D eigenvalue weighted by atomic mass is 19.1. The Morgan fingerprint density at radius 1 is 1.43 bits per heavy atom. The van der Waals surface area contributed by atoms with Crippen molar-refractivity contribution in [3.63, 3.8) is 0 Å². The molecule has 1 atom stereocenters. The summed E-state index contributed by atoms with van der Waals surface area (Å²) in [5.74, 6) is -2.10. The first-order valence-corrected chi connectivity index (χ1v) is 6.74. The van der Waals surface area contributed by atoms with Crippen molar-refractivity contribution in [1.29, 1.82) is 0 Å². The molecule has 1 aromatic carbocycles. The first kappa shape index (κ1) is 16.9. The maximum Gasteiger partial charge on any atom is 0.341 e. The summed E-state index contributed by atoms with van der Waals surface area (Å²) in [5, 5.41) is 2.76. The van der Waals surface area contributed by atoms with E-state index in [1.165, 1.54) is 19.1 Å². The first-order valence-electron chi connectivity index (χ1n) is 6.74. The van der Waals surface area contributed by atoms with Gasteiger partial charge in [0.25, 0.3) is 5.91 Å². The fraction of sp³-hybridized carbons (Fsp3) is 0.467. The van der Waals surface area contributed by atoms with Gasteiger partial charge in [0, 0.05) is 11.2 Å². The van der Waals surface area contributed by atoms with E-state index in [2.05, 4.69) is 5.32 Å². The smallest absolute Gasteiger partial charge is 0.341 e. The molecular formula is C15H21FN2O3. The second-order valence-corrected chi connectivity index (χ2v) is 5.51. The summed E-state index contributed by atoms with van der Waals surface area (Å²) < 4.78 is 18.6. The minimum absolute atomic E-state index is 0.208. The van der Waals surface area contributed by atoms with Crippen LogP contribution in [0.2, 0.25) is 0 Å². The van der Waals surface area contributed by atoms with Crippen molar-refractivity contribution < 1.29 is 18.7 Å². The predicted octanol–water partition coefficient (Wildman–Crippen LogP) is 2.26. The monoisotopic (exact) mass is 296 g/mol. The lowest BCUT2D eigenvalue weighted by Gasteiger charge is -2.26. The lowest BCUT2D eigenvalue weighted by molar-refractivity contribution is -0.130. The average molecular weight is 296 g/mol. The number of carbonyl (C=O) groups excluding carboxylic acids is 2. The third kappa shape index (κ3) is 4.73. The third-order valence-electron chi connectivity index (χ3n) is 3.21. The van der Waals surface area contributed by atoms with E-state index in [4.69, 9.17) is 10.5 Å². The Kier molecular flexibility index (Phi) is 5.29. The average Bonchev–Trinajstić information content (AvgIpc) is 2.37. The molecule has 0 radical (unpaired) electrons. The molecule has 0 bridgehead atoms. The van der Waals surface area contributed by atoms with Gasteiger partial charge < -0.3 is 15.8 Å². The zero-order chi connectivity index (χ0) is 16.2. The van der Waals surface area contributed by atoms with Gasteiger partial charge in [-0.3, -0.25) is 4.79 Å². The topological polar surface area (TPSA) is 81.4 Å². The van der Waals surface area contributed by atoms with Crippen molar-refractivity contribution in [2.75, 3.05) is 5.73 Å². The van der Waals surface area contributed by atoms with E-state index in [-0.39, 0.29) is 11.3 Å². The van der Waals surface area contributed by atoms with Gasteiger partial charge in [0.2, 0.25) is 0 Å². The van der Waals surface area contributed by atoms with Gasteiger partial charge in [0.05, 0.1) is 5.56 Å². The summed E-state index contributed by atoms with van der Waals surface area (Å²) in [6.07, 6.45) is -0.285. The van der Waals surface area contributed by atoms with E-state index in [9.17, 15) is 14.0 Å². The van der Waals surface area contributed by atoms with Gasteiger partial charge in [-0.05, 0) is 45.4 Å². The molecule has 1 rings (SSSR count). The van der Waals surface area contributed by atoms with Crippen molar-refractivity contribution >= 4 is 17.6 Å². The Bertz CT molecular complexity index is 544. The molecule has 3 N–H and O–H groups in total. The quantitative estimate of drug-likeness (QED) is 0.645. The van der Waals surface area contributed by atoms with Crippen molar-refractivity contribution in [2.24, 2.45) is 0 Å². The number of anilines is 1. The number of nitrogen functional groups attached to an aromatic ring is 1. The molecule has 116 valence electrons. The Balaban J connectivity index is 2.72. The van der Waals surface area contributed by atoms with Crippen molar-refractivity contribution in [2.45, 2.75) is 45.8 Å². The van der Waals surface area contributed by atoms with E-state index in [0.29, 0.717) is 0 Å². The van der Waals surface area contributed by atoms with Gasteiger partial charge in [-0.2, -0.15) is 0 Å². The van der Waals surface area contributed by atoms with Crippen LogP contribution in [0, 0.1) is 5.82 Å². The molecule has 0 aromatic heterocycles. The number of amides is 1. The number of hydrogen-bond acceptors (Lipinski definition) is 4. The number of halogens is 1. The molecule has 0 spiro atoms. The summed E-state index contributed by atoms with van der Waals surface area (Å²) >= 11 is 0.